The van der Waals surface area contributed by atoms with Crippen LogP contribution in [0.25, 0.3) is 88.5 Å². The number of aromatic nitrogens is 2. The molecule has 0 radical (unpaired) electrons. The van der Waals surface area contributed by atoms with Gasteiger partial charge in [0.25, 0.3) is 0 Å². The lowest BCUT2D eigenvalue weighted by atomic mass is 9.80. The molecule has 1 heterocycles. The fraction of sp³-hybridized carbons (Fsp3) is 0.0612. The quantitative estimate of drug-likeness (QED) is 0.189. The van der Waals surface area contributed by atoms with Crippen molar-refractivity contribution in [3.05, 3.63) is 181 Å². The number of rotatable bonds is 4. The van der Waals surface area contributed by atoms with Crippen LogP contribution in [0.5, 0.6) is 0 Å². The summed E-state index contributed by atoms with van der Waals surface area (Å²) < 4.78 is 0. The Balaban J connectivity index is 1.20. The molecule has 0 amide bonds. The van der Waals surface area contributed by atoms with E-state index in [0.717, 1.165) is 39.3 Å². The molecule has 0 fully saturated rings. The van der Waals surface area contributed by atoms with Crippen LogP contribution in [-0.4, -0.2) is 9.97 Å². The third kappa shape index (κ3) is 4.57. The Bertz CT molecular complexity index is 2820. The summed E-state index contributed by atoms with van der Waals surface area (Å²) in [5, 5.41) is 7.32. The first-order valence-electron chi connectivity index (χ1n) is 17.7. The van der Waals surface area contributed by atoms with Crippen molar-refractivity contribution in [3.63, 3.8) is 0 Å². The maximum atomic E-state index is 5.33. The number of hydrogen-bond acceptors (Lipinski definition) is 2. The van der Waals surface area contributed by atoms with E-state index in [2.05, 4.69) is 178 Å². The normalized spacial score (nSPS) is 13.1. The lowest BCUT2D eigenvalue weighted by Gasteiger charge is -2.23. The molecule has 240 valence electrons. The zero-order valence-electron chi connectivity index (χ0n) is 28.6. The van der Waals surface area contributed by atoms with Gasteiger partial charge in [0.2, 0.25) is 0 Å². The second-order valence-electron chi connectivity index (χ2n) is 14.1. The molecule has 0 saturated heterocycles. The Labute approximate surface area is 297 Å². The highest BCUT2D eigenvalue weighted by atomic mass is 14.9. The minimum Gasteiger partial charge on any atom is -0.228 e. The summed E-state index contributed by atoms with van der Waals surface area (Å²) in [5.41, 5.74) is 12.8. The number of nitrogens with zero attached hydrogens (tertiary/aromatic N) is 2. The van der Waals surface area contributed by atoms with Gasteiger partial charge in [-0.2, -0.15) is 0 Å². The van der Waals surface area contributed by atoms with E-state index in [0.29, 0.717) is 0 Å². The van der Waals surface area contributed by atoms with Gasteiger partial charge in [0.1, 0.15) is 0 Å². The first kappa shape index (κ1) is 29.5. The predicted molar refractivity (Wildman–Crippen MR) is 214 cm³/mol. The summed E-state index contributed by atoms with van der Waals surface area (Å²) in [6.45, 7) is 4.75. The minimum atomic E-state index is -0.124. The largest absolute Gasteiger partial charge is 0.228 e. The molecule has 1 aliphatic rings. The van der Waals surface area contributed by atoms with Crippen LogP contribution >= 0.6 is 0 Å². The number of benzene rings is 8. The van der Waals surface area contributed by atoms with Crippen molar-refractivity contribution < 1.29 is 0 Å². The Hall–Kier alpha value is -6.38. The molecule has 2 heteroatoms. The van der Waals surface area contributed by atoms with Crippen LogP contribution in [0.15, 0.2) is 170 Å². The second kappa shape index (κ2) is 11.3. The van der Waals surface area contributed by atoms with E-state index in [1.165, 1.54) is 60.3 Å². The molecule has 0 N–H and O–H groups in total. The van der Waals surface area contributed by atoms with Crippen LogP contribution in [0, 0.1) is 0 Å². The summed E-state index contributed by atoms with van der Waals surface area (Å²) in [6, 6.07) is 61.1. The molecule has 0 bridgehead atoms. The molecule has 9 aromatic rings. The fourth-order valence-corrected chi connectivity index (χ4v) is 8.52. The molecule has 0 aliphatic heterocycles. The van der Waals surface area contributed by atoms with Crippen molar-refractivity contribution in [2.75, 3.05) is 0 Å². The van der Waals surface area contributed by atoms with Gasteiger partial charge < -0.3 is 0 Å². The zero-order valence-corrected chi connectivity index (χ0v) is 28.6. The topological polar surface area (TPSA) is 25.8 Å². The van der Waals surface area contributed by atoms with Crippen molar-refractivity contribution in [3.8, 4) is 56.2 Å². The highest BCUT2D eigenvalue weighted by Gasteiger charge is 2.38. The molecule has 10 rings (SSSR count). The Morgan fingerprint density at radius 3 is 1.76 bits per heavy atom. The van der Waals surface area contributed by atoms with Crippen LogP contribution < -0.4 is 0 Å². The highest BCUT2D eigenvalue weighted by Crippen LogP contribution is 2.55. The molecule has 0 unspecified atom stereocenters. The fourth-order valence-electron chi connectivity index (χ4n) is 8.52. The van der Waals surface area contributed by atoms with Crippen molar-refractivity contribution in [2.24, 2.45) is 0 Å². The molecular weight excluding hydrogens is 617 g/mol. The summed E-state index contributed by atoms with van der Waals surface area (Å²) in [4.78, 5) is 10.6. The average Bonchev–Trinajstić information content (AvgIpc) is 3.44. The van der Waals surface area contributed by atoms with E-state index in [1.54, 1.807) is 0 Å². The van der Waals surface area contributed by atoms with Crippen LogP contribution in [-0.2, 0) is 5.41 Å². The van der Waals surface area contributed by atoms with Crippen LogP contribution in [0.3, 0.4) is 0 Å². The second-order valence-corrected chi connectivity index (χ2v) is 14.1. The van der Waals surface area contributed by atoms with Crippen LogP contribution in [0.1, 0.15) is 25.0 Å². The molecule has 0 spiro atoms. The Morgan fingerprint density at radius 1 is 0.392 bits per heavy atom. The van der Waals surface area contributed by atoms with Gasteiger partial charge in [-0.3, -0.25) is 0 Å². The van der Waals surface area contributed by atoms with E-state index >= 15 is 0 Å². The van der Waals surface area contributed by atoms with Gasteiger partial charge in [0, 0.05) is 22.1 Å². The summed E-state index contributed by atoms with van der Waals surface area (Å²) in [6.07, 6.45) is 0. The van der Waals surface area contributed by atoms with Gasteiger partial charge >= 0.3 is 0 Å². The van der Waals surface area contributed by atoms with Crippen molar-refractivity contribution in [2.45, 2.75) is 19.3 Å². The standard InChI is InChI=1S/C49H34N2/c1-49(2)43-25-13-24-40(46(43)42-27-26-32-15-7-9-20-35(32)47(42)49)38-28-29-41(37-22-11-10-21-36(37)38)48-50-44(33-16-4-3-5-17-33)30-45(51-48)39-23-12-18-31-14-6-8-19-34(31)39/h3-30H,1-2H3. The summed E-state index contributed by atoms with van der Waals surface area (Å²) in [5.74, 6) is 0.721. The van der Waals surface area contributed by atoms with E-state index in [1.807, 2.05) is 6.07 Å². The molecule has 0 saturated carbocycles. The lowest BCUT2D eigenvalue weighted by molar-refractivity contribution is 0.666. The number of hydrogen-bond donors (Lipinski definition) is 0. The molecule has 51 heavy (non-hydrogen) atoms. The van der Waals surface area contributed by atoms with Gasteiger partial charge in [0.15, 0.2) is 5.82 Å². The third-order valence-electron chi connectivity index (χ3n) is 10.9. The first-order chi connectivity index (χ1) is 25.1. The summed E-state index contributed by atoms with van der Waals surface area (Å²) >= 11 is 0. The smallest absolute Gasteiger partial charge is 0.161 e. The van der Waals surface area contributed by atoms with Gasteiger partial charge in [0.05, 0.1) is 11.4 Å². The van der Waals surface area contributed by atoms with Crippen molar-refractivity contribution in [1.82, 2.24) is 9.97 Å². The Morgan fingerprint density at radius 2 is 0.961 bits per heavy atom. The monoisotopic (exact) mass is 650 g/mol. The molecule has 2 nitrogen and oxygen atoms in total. The zero-order chi connectivity index (χ0) is 34.1. The molecule has 8 aromatic carbocycles. The van der Waals surface area contributed by atoms with E-state index in [-0.39, 0.29) is 5.41 Å². The highest BCUT2D eigenvalue weighted by molar-refractivity contribution is 6.09. The van der Waals surface area contributed by atoms with E-state index in [4.69, 9.17) is 9.97 Å². The van der Waals surface area contributed by atoms with Gasteiger partial charge in [-0.05, 0) is 77.8 Å². The molecule has 1 aromatic heterocycles. The third-order valence-corrected chi connectivity index (χ3v) is 10.9. The maximum Gasteiger partial charge on any atom is 0.161 e. The first-order valence-corrected chi connectivity index (χ1v) is 17.7. The molecule has 0 atom stereocenters. The van der Waals surface area contributed by atoms with Crippen molar-refractivity contribution >= 4 is 32.3 Å². The van der Waals surface area contributed by atoms with Crippen LogP contribution in [0.2, 0.25) is 0 Å². The molecular formula is C49H34N2. The van der Waals surface area contributed by atoms with Crippen molar-refractivity contribution in [1.29, 1.82) is 0 Å². The maximum absolute atomic E-state index is 5.33. The summed E-state index contributed by atoms with van der Waals surface area (Å²) in [7, 11) is 0. The number of fused-ring (bicyclic) bond motifs is 7. The lowest BCUT2D eigenvalue weighted by Crippen LogP contribution is -2.15. The Kier molecular flexibility index (Phi) is 6.56. The van der Waals surface area contributed by atoms with Gasteiger partial charge in [-0.25, -0.2) is 9.97 Å². The van der Waals surface area contributed by atoms with E-state index in [9.17, 15) is 0 Å². The van der Waals surface area contributed by atoms with Gasteiger partial charge in [-0.15, -0.1) is 0 Å². The predicted octanol–water partition coefficient (Wildman–Crippen LogP) is 12.9. The average molecular weight is 651 g/mol. The molecule has 1 aliphatic carbocycles. The SMILES string of the molecule is CC1(C)c2cccc(-c3ccc(-c4nc(-c5ccccc5)cc(-c5cccc6ccccc56)n4)c4ccccc34)c2-c2ccc3ccccc3c21. The van der Waals surface area contributed by atoms with E-state index < -0.39 is 0 Å². The minimum absolute atomic E-state index is 0.124. The van der Waals surface area contributed by atoms with Crippen LogP contribution in [0.4, 0.5) is 0 Å². The van der Waals surface area contributed by atoms with Gasteiger partial charge in [-0.1, -0.05) is 172 Å².